The van der Waals surface area contributed by atoms with E-state index in [0.29, 0.717) is 17.8 Å². The van der Waals surface area contributed by atoms with Crippen molar-refractivity contribution in [2.24, 2.45) is 12.8 Å². The van der Waals surface area contributed by atoms with Crippen molar-refractivity contribution < 1.29 is 4.79 Å². The Bertz CT molecular complexity index is 759. The lowest BCUT2D eigenvalue weighted by Gasteiger charge is -2.34. The van der Waals surface area contributed by atoms with Crippen molar-refractivity contribution in [3.63, 3.8) is 0 Å². The average Bonchev–Trinajstić information content (AvgIpc) is 3.31. The predicted molar refractivity (Wildman–Crippen MR) is 96.3 cm³/mol. The second kappa shape index (κ2) is 7.19. The molecule has 2 aromatic rings. The largest absolute Gasteiger partial charge is 0.329 e. The molecule has 1 amide bonds. The van der Waals surface area contributed by atoms with E-state index in [0.717, 1.165) is 57.2 Å². The number of nitrogens with zero attached hydrogens (tertiary/aromatic N) is 6. The standard InChI is InChI=1S/C18H27N7O/c1-23-11-9-15(21-23)17-4-2-3-10-24(17)18(26)16-12-25(22-20-16)14-7-5-13(19)6-8-14/h9,11-14,17H,2-8,10,19H2,1H3/t13?,14?,17-/m1/s1. The quantitative estimate of drug-likeness (QED) is 0.904. The number of hydrogen-bond donors (Lipinski definition) is 1. The number of hydrogen-bond acceptors (Lipinski definition) is 5. The van der Waals surface area contributed by atoms with Crippen LogP contribution in [-0.4, -0.2) is 48.2 Å². The number of amides is 1. The van der Waals surface area contributed by atoms with Crippen LogP contribution in [-0.2, 0) is 7.05 Å². The maximum Gasteiger partial charge on any atom is 0.276 e. The Morgan fingerprint density at radius 2 is 2.00 bits per heavy atom. The van der Waals surface area contributed by atoms with Gasteiger partial charge in [-0.05, 0) is 51.0 Å². The number of carbonyl (C=O) groups excluding carboxylic acids is 1. The van der Waals surface area contributed by atoms with Crippen LogP contribution in [0.1, 0.15) is 73.2 Å². The van der Waals surface area contributed by atoms with E-state index in [4.69, 9.17) is 5.73 Å². The fourth-order valence-electron chi connectivity index (χ4n) is 4.16. The molecule has 1 saturated carbocycles. The monoisotopic (exact) mass is 357 g/mol. The van der Waals surface area contributed by atoms with Crippen LogP contribution in [0.15, 0.2) is 18.5 Å². The predicted octanol–water partition coefficient (Wildman–Crippen LogP) is 1.82. The smallest absolute Gasteiger partial charge is 0.276 e. The molecule has 26 heavy (non-hydrogen) atoms. The number of likely N-dealkylation sites (tertiary alicyclic amines) is 1. The lowest BCUT2D eigenvalue weighted by atomic mass is 9.92. The van der Waals surface area contributed by atoms with Gasteiger partial charge in [-0.1, -0.05) is 5.21 Å². The molecule has 3 heterocycles. The number of aromatic nitrogens is 5. The first kappa shape index (κ1) is 17.2. The maximum atomic E-state index is 13.1. The molecule has 0 aromatic carbocycles. The molecule has 4 rings (SSSR count). The first-order valence-corrected chi connectivity index (χ1v) is 9.60. The second-order valence-corrected chi connectivity index (χ2v) is 7.58. The van der Waals surface area contributed by atoms with Gasteiger partial charge in [0.25, 0.3) is 5.91 Å². The number of carbonyl (C=O) groups is 1. The lowest BCUT2D eigenvalue weighted by Crippen LogP contribution is -2.39. The molecule has 0 spiro atoms. The molecular formula is C18H27N7O. The van der Waals surface area contributed by atoms with Crippen LogP contribution in [0.3, 0.4) is 0 Å². The first-order valence-electron chi connectivity index (χ1n) is 9.60. The van der Waals surface area contributed by atoms with Crippen molar-refractivity contribution >= 4 is 5.91 Å². The van der Waals surface area contributed by atoms with E-state index >= 15 is 0 Å². The molecule has 1 saturated heterocycles. The zero-order chi connectivity index (χ0) is 18.1. The number of rotatable bonds is 3. The highest BCUT2D eigenvalue weighted by atomic mass is 16.2. The minimum atomic E-state index is -0.0425. The molecule has 0 unspecified atom stereocenters. The Hall–Kier alpha value is -2.22. The Balaban J connectivity index is 1.51. The highest BCUT2D eigenvalue weighted by molar-refractivity contribution is 5.92. The van der Waals surface area contributed by atoms with Crippen molar-refractivity contribution in [3.8, 4) is 0 Å². The summed E-state index contributed by atoms with van der Waals surface area (Å²) in [6.45, 7) is 0.741. The Morgan fingerprint density at radius 1 is 1.19 bits per heavy atom. The van der Waals surface area contributed by atoms with Crippen molar-refractivity contribution in [1.29, 1.82) is 0 Å². The number of piperidine rings is 1. The third-order valence-corrected chi connectivity index (χ3v) is 5.68. The Morgan fingerprint density at radius 3 is 2.73 bits per heavy atom. The molecule has 0 bridgehead atoms. The average molecular weight is 357 g/mol. The van der Waals surface area contributed by atoms with Gasteiger partial charge in [-0.3, -0.25) is 9.48 Å². The van der Waals surface area contributed by atoms with Crippen LogP contribution < -0.4 is 5.73 Å². The van der Waals surface area contributed by atoms with Crippen LogP contribution in [0.5, 0.6) is 0 Å². The third kappa shape index (κ3) is 3.38. The molecule has 1 aliphatic carbocycles. The van der Waals surface area contributed by atoms with Crippen LogP contribution in [0.25, 0.3) is 0 Å². The first-order chi connectivity index (χ1) is 12.6. The van der Waals surface area contributed by atoms with E-state index in [-0.39, 0.29) is 11.9 Å². The van der Waals surface area contributed by atoms with Crippen LogP contribution >= 0.6 is 0 Å². The topological polar surface area (TPSA) is 94.9 Å². The van der Waals surface area contributed by atoms with Gasteiger partial charge in [0.1, 0.15) is 0 Å². The summed E-state index contributed by atoms with van der Waals surface area (Å²) in [5.41, 5.74) is 7.37. The molecule has 2 aliphatic rings. The molecule has 0 radical (unpaired) electrons. The molecule has 2 fully saturated rings. The number of aryl methyl sites for hydroxylation is 1. The highest BCUT2D eigenvalue weighted by Gasteiger charge is 2.32. The molecule has 8 nitrogen and oxygen atoms in total. The van der Waals surface area contributed by atoms with E-state index < -0.39 is 0 Å². The fourth-order valence-corrected chi connectivity index (χ4v) is 4.16. The summed E-state index contributed by atoms with van der Waals surface area (Å²) >= 11 is 0. The van der Waals surface area contributed by atoms with Gasteiger partial charge < -0.3 is 10.6 Å². The summed E-state index contributed by atoms with van der Waals surface area (Å²) in [6, 6.07) is 2.62. The van der Waals surface area contributed by atoms with E-state index in [2.05, 4.69) is 15.4 Å². The summed E-state index contributed by atoms with van der Waals surface area (Å²) in [6.07, 6.45) is 10.8. The molecule has 1 atom stereocenters. The second-order valence-electron chi connectivity index (χ2n) is 7.58. The van der Waals surface area contributed by atoms with Gasteiger partial charge in [-0.25, -0.2) is 4.68 Å². The summed E-state index contributed by atoms with van der Waals surface area (Å²) in [5, 5.41) is 12.9. The van der Waals surface area contributed by atoms with E-state index in [1.165, 1.54) is 0 Å². The fraction of sp³-hybridized carbons (Fsp3) is 0.667. The Kier molecular flexibility index (Phi) is 4.76. The van der Waals surface area contributed by atoms with Crippen molar-refractivity contribution in [1.82, 2.24) is 29.7 Å². The van der Waals surface area contributed by atoms with Gasteiger partial charge in [0.15, 0.2) is 5.69 Å². The minimum Gasteiger partial charge on any atom is -0.329 e. The summed E-state index contributed by atoms with van der Waals surface area (Å²) in [7, 11) is 1.90. The maximum absolute atomic E-state index is 13.1. The van der Waals surface area contributed by atoms with Crippen LogP contribution in [0, 0.1) is 0 Å². The van der Waals surface area contributed by atoms with E-state index in [9.17, 15) is 4.79 Å². The summed E-state index contributed by atoms with van der Waals surface area (Å²) in [5.74, 6) is -0.0425. The van der Waals surface area contributed by atoms with E-state index in [1.54, 1.807) is 4.68 Å². The zero-order valence-corrected chi connectivity index (χ0v) is 15.3. The molecule has 2 N–H and O–H groups in total. The van der Waals surface area contributed by atoms with Crippen molar-refractivity contribution in [3.05, 3.63) is 29.8 Å². The SMILES string of the molecule is Cn1ccc([C@H]2CCCCN2C(=O)c2cn(C3CCC(N)CC3)nn2)n1. The van der Waals surface area contributed by atoms with Gasteiger partial charge >= 0.3 is 0 Å². The van der Waals surface area contributed by atoms with Gasteiger partial charge in [0, 0.05) is 25.8 Å². The van der Waals surface area contributed by atoms with E-state index in [1.807, 2.05) is 35.1 Å². The van der Waals surface area contributed by atoms with Crippen molar-refractivity contribution in [2.45, 2.75) is 63.1 Å². The van der Waals surface area contributed by atoms with Crippen LogP contribution in [0.4, 0.5) is 0 Å². The molecule has 140 valence electrons. The number of nitrogens with two attached hydrogens (primary N) is 1. The van der Waals surface area contributed by atoms with Gasteiger partial charge in [0.2, 0.25) is 0 Å². The summed E-state index contributed by atoms with van der Waals surface area (Å²) < 4.78 is 3.65. The molecular weight excluding hydrogens is 330 g/mol. The molecule has 2 aromatic heterocycles. The molecule has 8 heteroatoms. The van der Waals surface area contributed by atoms with Gasteiger partial charge in [-0.2, -0.15) is 5.10 Å². The van der Waals surface area contributed by atoms with Crippen molar-refractivity contribution in [2.75, 3.05) is 6.54 Å². The molecule has 1 aliphatic heterocycles. The lowest BCUT2D eigenvalue weighted by molar-refractivity contribution is 0.0599. The van der Waals surface area contributed by atoms with Gasteiger partial charge in [0.05, 0.1) is 24.0 Å². The minimum absolute atomic E-state index is 0.0234. The van der Waals surface area contributed by atoms with Crippen LogP contribution in [0.2, 0.25) is 0 Å². The normalized spacial score (nSPS) is 26.8. The van der Waals surface area contributed by atoms with Gasteiger partial charge in [-0.15, -0.1) is 5.10 Å². The Labute approximate surface area is 153 Å². The third-order valence-electron chi connectivity index (χ3n) is 5.68. The highest BCUT2D eigenvalue weighted by Crippen LogP contribution is 2.31. The summed E-state index contributed by atoms with van der Waals surface area (Å²) in [4.78, 5) is 15.0. The zero-order valence-electron chi connectivity index (χ0n) is 15.3.